The molecular formula is C73H137NO5. The Kier molecular flexibility index (Phi) is 66.4. The van der Waals surface area contributed by atoms with Crippen LogP contribution in [-0.4, -0.2) is 47.4 Å². The van der Waals surface area contributed by atoms with E-state index < -0.39 is 12.1 Å². The monoisotopic (exact) mass is 1110 g/mol. The molecule has 0 spiro atoms. The zero-order chi connectivity index (χ0) is 57.1. The normalized spacial score (nSPS) is 12.8. The minimum absolute atomic E-state index is 0.0142. The molecule has 2 unspecified atom stereocenters. The average Bonchev–Trinajstić information content (AvgIpc) is 3.45. The van der Waals surface area contributed by atoms with Gasteiger partial charge in [0.05, 0.1) is 25.4 Å². The Labute approximate surface area is 493 Å². The number of carbonyl (C=O) groups is 2. The highest BCUT2D eigenvalue weighted by molar-refractivity contribution is 5.76. The number of aliphatic hydroxyl groups is 2. The summed E-state index contributed by atoms with van der Waals surface area (Å²) in [6.07, 6.45) is 89.2. The molecule has 2 atom stereocenters. The van der Waals surface area contributed by atoms with Crippen molar-refractivity contribution in [2.75, 3.05) is 13.2 Å². The topological polar surface area (TPSA) is 95.9 Å². The molecule has 0 aliphatic rings. The zero-order valence-corrected chi connectivity index (χ0v) is 53.1. The molecular weight excluding hydrogens is 971 g/mol. The van der Waals surface area contributed by atoms with E-state index in [-0.39, 0.29) is 18.5 Å². The Morgan fingerprint density at radius 2 is 0.633 bits per heavy atom. The maximum atomic E-state index is 12.4. The van der Waals surface area contributed by atoms with Gasteiger partial charge in [-0.25, -0.2) is 0 Å². The molecule has 464 valence electrons. The van der Waals surface area contributed by atoms with Gasteiger partial charge in [0.15, 0.2) is 0 Å². The molecule has 1 amide bonds. The molecule has 0 bridgehead atoms. The molecule has 6 heteroatoms. The molecule has 0 heterocycles. The molecule has 0 radical (unpaired) electrons. The minimum atomic E-state index is -0.841. The molecule has 0 aliphatic heterocycles. The van der Waals surface area contributed by atoms with Crippen molar-refractivity contribution in [1.82, 2.24) is 5.32 Å². The second-order valence-electron chi connectivity index (χ2n) is 24.2. The van der Waals surface area contributed by atoms with Crippen LogP contribution in [0.4, 0.5) is 0 Å². The number of carbonyl (C=O) groups excluding carboxylic acids is 2. The molecule has 0 aromatic heterocycles. The number of ether oxygens (including phenoxy) is 1. The van der Waals surface area contributed by atoms with Crippen LogP contribution in [0.5, 0.6) is 0 Å². The Morgan fingerprint density at radius 3 is 1.00 bits per heavy atom. The summed E-state index contributed by atoms with van der Waals surface area (Å²) in [7, 11) is 0. The van der Waals surface area contributed by atoms with Crippen molar-refractivity contribution in [1.29, 1.82) is 0 Å². The van der Waals surface area contributed by atoms with Crippen LogP contribution in [0.25, 0.3) is 0 Å². The fraction of sp³-hybridized carbons (Fsp3) is 0.863. The van der Waals surface area contributed by atoms with Crippen LogP contribution >= 0.6 is 0 Å². The highest BCUT2D eigenvalue weighted by atomic mass is 16.5. The van der Waals surface area contributed by atoms with E-state index in [2.05, 4.69) is 55.6 Å². The zero-order valence-electron chi connectivity index (χ0n) is 53.1. The second kappa shape index (κ2) is 68.3. The van der Waals surface area contributed by atoms with E-state index in [4.69, 9.17) is 4.74 Å². The summed E-state index contributed by atoms with van der Waals surface area (Å²) in [6, 6.07) is -0.625. The number of allylic oxidation sites excluding steroid dienone is 7. The highest BCUT2D eigenvalue weighted by Gasteiger charge is 2.18. The minimum Gasteiger partial charge on any atom is -0.466 e. The van der Waals surface area contributed by atoms with Gasteiger partial charge in [-0.3, -0.25) is 9.59 Å². The largest absolute Gasteiger partial charge is 0.466 e. The van der Waals surface area contributed by atoms with Gasteiger partial charge >= 0.3 is 5.97 Å². The van der Waals surface area contributed by atoms with E-state index in [0.717, 1.165) is 51.4 Å². The molecule has 79 heavy (non-hydrogen) atoms. The maximum Gasteiger partial charge on any atom is 0.305 e. The standard InChI is InChI=1S/C73H137NO5/c1-3-5-7-9-11-13-15-16-17-18-33-37-40-43-47-51-55-59-63-67-73(78)79-68-64-60-56-52-48-44-41-38-35-32-30-28-26-24-22-20-19-21-23-25-27-29-31-34-36-39-42-46-50-54-58-62-66-72(77)74-70(69-75)71(76)65-61-57-53-49-45-14-12-10-8-6-4-2/h11,13,16-17,22,24,61,65,70-71,75-76H,3-10,12,14-15,18-21,23,25-60,62-64,66-69H2,1-2H3,(H,74,77)/b13-11-,17-16-,24-22-,65-61+. The third kappa shape index (κ3) is 64.8. The number of aliphatic hydroxyl groups excluding tert-OH is 2. The van der Waals surface area contributed by atoms with E-state index >= 15 is 0 Å². The molecule has 6 nitrogen and oxygen atoms in total. The van der Waals surface area contributed by atoms with Crippen LogP contribution in [-0.2, 0) is 14.3 Å². The van der Waals surface area contributed by atoms with Crippen LogP contribution in [0, 0.1) is 0 Å². The van der Waals surface area contributed by atoms with Crippen LogP contribution in [0.15, 0.2) is 48.6 Å². The van der Waals surface area contributed by atoms with Gasteiger partial charge in [0.1, 0.15) is 0 Å². The molecule has 0 rings (SSSR count). The molecule has 0 saturated carbocycles. The third-order valence-corrected chi connectivity index (χ3v) is 16.3. The summed E-state index contributed by atoms with van der Waals surface area (Å²) in [5.41, 5.74) is 0. The molecule has 0 aromatic rings. The van der Waals surface area contributed by atoms with Gasteiger partial charge in [0, 0.05) is 12.8 Å². The van der Waals surface area contributed by atoms with Crippen LogP contribution in [0.2, 0.25) is 0 Å². The first-order valence-corrected chi connectivity index (χ1v) is 35.4. The SMILES string of the molecule is CCCCC/C=C\C/C=C\CCCCCCCCCCCC(=O)OCCCCCCCCCCCCCC/C=C\CCCCCCCCCCCCCCCCCCC(=O)NC(CO)C(O)/C=C/CCCCCCCCCCC. The van der Waals surface area contributed by atoms with E-state index in [1.807, 2.05) is 6.08 Å². The number of nitrogens with one attached hydrogen (secondary N) is 1. The number of rotatable bonds is 66. The number of esters is 1. The Bertz CT molecular complexity index is 1320. The van der Waals surface area contributed by atoms with Crippen molar-refractivity contribution in [3.8, 4) is 0 Å². The Balaban J connectivity index is 3.34. The molecule has 3 N–H and O–H groups in total. The first-order valence-electron chi connectivity index (χ1n) is 35.4. The van der Waals surface area contributed by atoms with Crippen molar-refractivity contribution in [3.63, 3.8) is 0 Å². The van der Waals surface area contributed by atoms with E-state index in [9.17, 15) is 19.8 Å². The van der Waals surface area contributed by atoms with Gasteiger partial charge in [-0.15, -0.1) is 0 Å². The van der Waals surface area contributed by atoms with Crippen LogP contribution < -0.4 is 5.32 Å². The van der Waals surface area contributed by atoms with Crippen molar-refractivity contribution >= 4 is 11.9 Å². The number of hydrogen-bond acceptors (Lipinski definition) is 5. The lowest BCUT2D eigenvalue weighted by Crippen LogP contribution is -2.45. The first kappa shape index (κ1) is 76.8. The summed E-state index contributed by atoms with van der Waals surface area (Å²) in [4.78, 5) is 24.6. The fourth-order valence-electron chi connectivity index (χ4n) is 10.9. The lowest BCUT2D eigenvalue weighted by Gasteiger charge is -2.20. The van der Waals surface area contributed by atoms with E-state index in [0.29, 0.717) is 19.4 Å². The summed E-state index contributed by atoms with van der Waals surface area (Å²) >= 11 is 0. The smallest absolute Gasteiger partial charge is 0.305 e. The summed E-state index contributed by atoms with van der Waals surface area (Å²) in [6.45, 7) is 4.89. The summed E-state index contributed by atoms with van der Waals surface area (Å²) < 4.78 is 5.51. The number of amides is 1. The Morgan fingerprint density at radius 1 is 0.354 bits per heavy atom. The molecule has 0 aromatic carbocycles. The molecule has 0 fully saturated rings. The van der Waals surface area contributed by atoms with Gasteiger partial charge in [-0.05, 0) is 89.9 Å². The lowest BCUT2D eigenvalue weighted by molar-refractivity contribution is -0.143. The lowest BCUT2D eigenvalue weighted by atomic mass is 10.0. The average molecular weight is 1110 g/mol. The van der Waals surface area contributed by atoms with Gasteiger partial charge in [-0.1, -0.05) is 326 Å². The second-order valence-corrected chi connectivity index (χ2v) is 24.2. The van der Waals surface area contributed by atoms with E-state index in [1.165, 1.54) is 302 Å². The van der Waals surface area contributed by atoms with Gasteiger partial charge in [0.2, 0.25) is 5.91 Å². The van der Waals surface area contributed by atoms with Gasteiger partial charge < -0.3 is 20.3 Å². The predicted molar refractivity (Wildman–Crippen MR) is 347 cm³/mol. The highest BCUT2D eigenvalue weighted by Crippen LogP contribution is 2.18. The van der Waals surface area contributed by atoms with Crippen molar-refractivity contribution in [2.24, 2.45) is 0 Å². The molecule has 0 aliphatic carbocycles. The molecule has 0 saturated heterocycles. The summed E-state index contributed by atoms with van der Waals surface area (Å²) in [5.74, 6) is -0.0515. The van der Waals surface area contributed by atoms with E-state index in [1.54, 1.807) is 6.08 Å². The van der Waals surface area contributed by atoms with Crippen molar-refractivity contribution in [2.45, 2.75) is 392 Å². The predicted octanol–water partition coefficient (Wildman–Crippen LogP) is 22.9. The van der Waals surface area contributed by atoms with Crippen LogP contribution in [0.1, 0.15) is 380 Å². The van der Waals surface area contributed by atoms with Gasteiger partial charge in [-0.2, -0.15) is 0 Å². The number of hydrogen-bond donors (Lipinski definition) is 3. The quantitative estimate of drug-likeness (QED) is 0.0320. The van der Waals surface area contributed by atoms with Crippen molar-refractivity contribution in [3.05, 3.63) is 48.6 Å². The van der Waals surface area contributed by atoms with Gasteiger partial charge in [0.25, 0.3) is 0 Å². The summed E-state index contributed by atoms with van der Waals surface area (Å²) in [5, 5.41) is 23.1. The Hall–Kier alpha value is -2.18. The first-order chi connectivity index (χ1) is 39.0. The number of unbranched alkanes of at least 4 members (excludes halogenated alkanes) is 49. The third-order valence-electron chi connectivity index (χ3n) is 16.3. The fourth-order valence-corrected chi connectivity index (χ4v) is 10.9. The maximum absolute atomic E-state index is 12.4. The van der Waals surface area contributed by atoms with Crippen molar-refractivity contribution < 1.29 is 24.5 Å². The van der Waals surface area contributed by atoms with Crippen LogP contribution in [0.3, 0.4) is 0 Å².